The van der Waals surface area contributed by atoms with Crippen molar-refractivity contribution in [3.63, 3.8) is 0 Å². The van der Waals surface area contributed by atoms with Crippen molar-refractivity contribution < 1.29 is 13.2 Å². The first-order valence-corrected chi connectivity index (χ1v) is 9.79. The molecule has 0 spiro atoms. The third kappa shape index (κ3) is 4.43. The van der Waals surface area contributed by atoms with Crippen LogP contribution in [0.3, 0.4) is 0 Å². The first-order chi connectivity index (χ1) is 12.0. The van der Waals surface area contributed by atoms with Gasteiger partial charge < -0.3 is 5.32 Å². The molecule has 3 rings (SSSR count). The second-order valence-electron chi connectivity index (χ2n) is 5.19. The molecule has 2 aromatic heterocycles. The second-order valence-corrected chi connectivity index (χ2v) is 7.65. The number of carbonyl (C=O) groups is 1. The fourth-order valence-electron chi connectivity index (χ4n) is 2.09. The largest absolute Gasteiger partial charge is 0.381 e. The summed E-state index contributed by atoms with van der Waals surface area (Å²) in [7, 11) is -3.83. The molecule has 8 heteroatoms. The summed E-state index contributed by atoms with van der Waals surface area (Å²) in [4.78, 5) is 16.3. The number of rotatable bonds is 6. The molecule has 128 valence electrons. The second kappa shape index (κ2) is 7.45. The molecule has 2 heterocycles. The van der Waals surface area contributed by atoms with Gasteiger partial charge in [-0.25, -0.2) is 13.1 Å². The van der Waals surface area contributed by atoms with E-state index in [0.717, 1.165) is 11.3 Å². The van der Waals surface area contributed by atoms with Crippen LogP contribution in [0.1, 0.15) is 15.9 Å². The summed E-state index contributed by atoms with van der Waals surface area (Å²) >= 11 is 1.25. The number of benzene rings is 1. The Bertz CT molecular complexity index is 939. The molecule has 1 aromatic carbocycles. The molecule has 0 saturated heterocycles. The topological polar surface area (TPSA) is 88.2 Å². The number of anilines is 1. The predicted molar refractivity (Wildman–Crippen MR) is 97.0 cm³/mol. The monoisotopic (exact) mass is 373 g/mol. The molecule has 0 aliphatic rings. The van der Waals surface area contributed by atoms with Crippen molar-refractivity contribution >= 4 is 33.0 Å². The zero-order chi connectivity index (χ0) is 17.7. The Hall–Kier alpha value is -2.71. The van der Waals surface area contributed by atoms with Crippen LogP contribution in [-0.2, 0) is 16.6 Å². The van der Waals surface area contributed by atoms with Gasteiger partial charge in [0.25, 0.3) is 15.9 Å². The highest BCUT2D eigenvalue weighted by molar-refractivity contribution is 7.90. The van der Waals surface area contributed by atoms with Crippen molar-refractivity contribution in [2.24, 2.45) is 0 Å². The van der Waals surface area contributed by atoms with E-state index in [4.69, 9.17) is 0 Å². The normalized spacial score (nSPS) is 11.0. The Balaban J connectivity index is 1.63. The third-order valence-electron chi connectivity index (χ3n) is 3.40. The molecule has 0 aliphatic heterocycles. The lowest BCUT2D eigenvalue weighted by Crippen LogP contribution is -2.30. The van der Waals surface area contributed by atoms with E-state index in [1.54, 1.807) is 42.0 Å². The molecule has 25 heavy (non-hydrogen) atoms. The fraction of sp³-hybridized carbons (Fsp3) is 0.0588. The summed E-state index contributed by atoms with van der Waals surface area (Å²) in [5, 5.41) is 6.32. The number of aromatic nitrogens is 1. The minimum absolute atomic E-state index is 0.0839. The third-order valence-corrected chi connectivity index (χ3v) is 5.56. The van der Waals surface area contributed by atoms with Crippen LogP contribution < -0.4 is 10.0 Å². The molecular formula is C17H15N3O3S2. The maximum atomic E-state index is 12.1. The van der Waals surface area contributed by atoms with Crippen LogP contribution in [0.5, 0.6) is 0 Å². The Labute approximate surface area is 149 Å². The number of pyridine rings is 1. The Morgan fingerprint density at radius 1 is 1.12 bits per heavy atom. The lowest BCUT2D eigenvalue weighted by Gasteiger charge is -2.08. The SMILES string of the molecule is O=C(NS(=O)(=O)c1ccsc1)c1ccc(NCc2cccnc2)cc1. The molecule has 6 nitrogen and oxygen atoms in total. The number of nitrogens with one attached hydrogen (secondary N) is 2. The quantitative estimate of drug-likeness (QED) is 0.694. The van der Waals surface area contributed by atoms with E-state index < -0.39 is 15.9 Å². The lowest BCUT2D eigenvalue weighted by molar-refractivity contribution is 0.0981. The van der Waals surface area contributed by atoms with E-state index in [1.807, 2.05) is 12.1 Å². The number of amides is 1. The van der Waals surface area contributed by atoms with E-state index in [0.29, 0.717) is 6.54 Å². The molecule has 0 bridgehead atoms. The van der Waals surface area contributed by atoms with E-state index in [9.17, 15) is 13.2 Å². The van der Waals surface area contributed by atoms with Gasteiger partial charge in [-0.05, 0) is 47.3 Å². The van der Waals surface area contributed by atoms with Crippen molar-refractivity contribution in [2.45, 2.75) is 11.4 Å². The number of hydrogen-bond acceptors (Lipinski definition) is 6. The summed E-state index contributed by atoms with van der Waals surface area (Å²) in [6, 6.07) is 11.9. The van der Waals surface area contributed by atoms with Gasteiger partial charge in [-0.3, -0.25) is 9.78 Å². The maximum absolute atomic E-state index is 12.1. The summed E-state index contributed by atoms with van der Waals surface area (Å²) in [6.45, 7) is 0.603. The molecule has 0 atom stereocenters. The average molecular weight is 373 g/mol. The van der Waals surface area contributed by atoms with Gasteiger partial charge in [0.15, 0.2) is 0 Å². The number of hydrogen-bond donors (Lipinski definition) is 2. The zero-order valence-electron chi connectivity index (χ0n) is 13.0. The van der Waals surface area contributed by atoms with Gasteiger partial charge in [0.2, 0.25) is 0 Å². The number of thiophene rings is 1. The predicted octanol–water partition coefficient (Wildman–Crippen LogP) is 2.87. The van der Waals surface area contributed by atoms with E-state index in [1.165, 1.54) is 22.8 Å². The van der Waals surface area contributed by atoms with Crippen molar-refractivity contribution in [3.05, 3.63) is 76.7 Å². The molecule has 0 radical (unpaired) electrons. The van der Waals surface area contributed by atoms with Crippen molar-refractivity contribution in [3.8, 4) is 0 Å². The summed E-state index contributed by atoms with van der Waals surface area (Å²) in [5.74, 6) is -0.662. The van der Waals surface area contributed by atoms with E-state index >= 15 is 0 Å². The van der Waals surface area contributed by atoms with Crippen LogP contribution in [-0.4, -0.2) is 19.3 Å². The van der Waals surface area contributed by atoms with Gasteiger partial charge in [-0.15, -0.1) is 0 Å². The lowest BCUT2D eigenvalue weighted by atomic mass is 10.2. The smallest absolute Gasteiger partial charge is 0.265 e. The highest BCUT2D eigenvalue weighted by atomic mass is 32.2. The molecule has 2 N–H and O–H groups in total. The molecule has 0 fully saturated rings. The van der Waals surface area contributed by atoms with Crippen molar-refractivity contribution in [1.82, 2.24) is 9.71 Å². The van der Waals surface area contributed by atoms with Gasteiger partial charge >= 0.3 is 0 Å². The van der Waals surface area contributed by atoms with E-state index in [2.05, 4.69) is 15.0 Å². The standard InChI is InChI=1S/C17H15N3O3S2/c21-17(20-25(22,23)16-7-9-24-12-16)14-3-5-15(6-4-14)19-11-13-2-1-8-18-10-13/h1-10,12,19H,11H2,(H,20,21). The molecule has 0 aliphatic carbocycles. The van der Waals surface area contributed by atoms with Crippen LogP contribution in [0.15, 0.2) is 70.5 Å². The first kappa shape index (κ1) is 17.1. The molecule has 0 saturated carbocycles. The number of carbonyl (C=O) groups excluding carboxylic acids is 1. The van der Waals surface area contributed by atoms with Crippen molar-refractivity contribution in [1.29, 1.82) is 0 Å². The minimum atomic E-state index is -3.83. The van der Waals surface area contributed by atoms with Crippen LogP contribution in [0.2, 0.25) is 0 Å². The Morgan fingerprint density at radius 3 is 2.56 bits per heavy atom. The van der Waals surface area contributed by atoms with Gasteiger partial charge in [0.1, 0.15) is 0 Å². The Morgan fingerprint density at radius 2 is 1.92 bits per heavy atom. The Kier molecular flexibility index (Phi) is 5.11. The molecule has 3 aromatic rings. The van der Waals surface area contributed by atoms with Crippen molar-refractivity contribution in [2.75, 3.05) is 5.32 Å². The van der Waals surface area contributed by atoms with Crippen LogP contribution in [0.4, 0.5) is 5.69 Å². The van der Waals surface area contributed by atoms with Gasteiger partial charge in [-0.2, -0.15) is 11.3 Å². The van der Waals surface area contributed by atoms with E-state index in [-0.39, 0.29) is 10.5 Å². The highest BCUT2D eigenvalue weighted by Gasteiger charge is 2.18. The summed E-state index contributed by atoms with van der Waals surface area (Å²) in [5.41, 5.74) is 2.12. The maximum Gasteiger partial charge on any atom is 0.265 e. The fourth-order valence-corrected chi connectivity index (χ4v) is 4.09. The number of nitrogens with zero attached hydrogens (tertiary/aromatic N) is 1. The van der Waals surface area contributed by atoms with Gasteiger partial charge in [-0.1, -0.05) is 6.07 Å². The molecular weight excluding hydrogens is 358 g/mol. The first-order valence-electron chi connectivity index (χ1n) is 7.37. The van der Waals surface area contributed by atoms with Crippen LogP contribution in [0, 0.1) is 0 Å². The summed E-state index contributed by atoms with van der Waals surface area (Å²) < 4.78 is 26.2. The van der Waals surface area contributed by atoms with Gasteiger partial charge in [0.05, 0.1) is 4.90 Å². The molecule has 1 amide bonds. The number of sulfonamides is 1. The zero-order valence-corrected chi connectivity index (χ0v) is 14.7. The minimum Gasteiger partial charge on any atom is -0.381 e. The van der Waals surface area contributed by atoms with Crippen LogP contribution in [0.25, 0.3) is 0 Å². The van der Waals surface area contributed by atoms with Crippen LogP contribution >= 0.6 is 11.3 Å². The summed E-state index contributed by atoms with van der Waals surface area (Å²) in [6.07, 6.45) is 3.48. The average Bonchev–Trinajstić information content (AvgIpc) is 3.17. The van der Waals surface area contributed by atoms with Gasteiger partial charge in [0, 0.05) is 35.6 Å². The highest BCUT2D eigenvalue weighted by Crippen LogP contribution is 2.15. The molecule has 0 unspecified atom stereocenters.